The fourth-order valence-electron chi connectivity index (χ4n) is 1.42. The highest BCUT2D eigenvalue weighted by molar-refractivity contribution is 9.10. The third-order valence-electron chi connectivity index (χ3n) is 2.65. The number of hydrogen-bond donors (Lipinski definition) is 1. The van der Waals surface area contributed by atoms with Crippen LogP contribution < -0.4 is 10.1 Å². The third kappa shape index (κ3) is 3.50. The van der Waals surface area contributed by atoms with Crippen molar-refractivity contribution in [3.63, 3.8) is 0 Å². The largest absolute Gasteiger partial charge is 0.495 e. The van der Waals surface area contributed by atoms with E-state index in [4.69, 9.17) is 9.47 Å². The van der Waals surface area contributed by atoms with E-state index in [0.29, 0.717) is 15.9 Å². The molecule has 0 aromatic heterocycles. The summed E-state index contributed by atoms with van der Waals surface area (Å²) in [6.45, 7) is 5.36. The van der Waals surface area contributed by atoms with E-state index in [1.54, 1.807) is 32.9 Å². The van der Waals surface area contributed by atoms with E-state index in [1.165, 1.54) is 14.2 Å². The summed E-state index contributed by atoms with van der Waals surface area (Å²) in [6, 6.07) is 3.18. The molecule has 0 atom stereocenters. The van der Waals surface area contributed by atoms with E-state index < -0.39 is 11.4 Å². The first-order valence-electron chi connectivity index (χ1n) is 5.98. The van der Waals surface area contributed by atoms with Gasteiger partial charge in [0.25, 0.3) is 0 Å². The molecule has 0 aliphatic carbocycles. The zero-order chi connectivity index (χ0) is 15.5. The summed E-state index contributed by atoms with van der Waals surface area (Å²) in [4.78, 5) is 23.9. The van der Waals surface area contributed by atoms with Crippen LogP contribution in [0.3, 0.4) is 0 Å². The average molecular weight is 344 g/mol. The van der Waals surface area contributed by atoms with E-state index in [1.807, 2.05) is 0 Å². The van der Waals surface area contributed by atoms with Gasteiger partial charge in [0.15, 0.2) is 0 Å². The monoisotopic (exact) mass is 343 g/mol. The predicted octanol–water partition coefficient (Wildman–Crippen LogP) is 3.23. The smallest absolute Gasteiger partial charge is 0.340 e. The summed E-state index contributed by atoms with van der Waals surface area (Å²) in [6.07, 6.45) is 0. The van der Waals surface area contributed by atoms with Gasteiger partial charge in [0.1, 0.15) is 5.75 Å². The van der Waals surface area contributed by atoms with Crippen LogP contribution in [0.5, 0.6) is 5.75 Å². The number of rotatable bonds is 3. The Morgan fingerprint density at radius 2 is 1.80 bits per heavy atom. The van der Waals surface area contributed by atoms with Crippen molar-refractivity contribution in [3.8, 4) is 5.75 Å². The summed E-state index contributed by atoms with van der Waals surface area (Å²) < 4.78 is 10.4. The van der Waals surface area contributed by atoms with Gasteiger partial charge in [0.2, 0.25) is 5.91 Å². The molecule has 0 saturated carbocycles. The van der Waals surface area contributed by atoms with Crippen LogP contribution in [-0.2, 0) is 9.53 Å². The number of nitrogens with one attached hydrogen (secondary N) is 1. The molecule has 0 fully saturated rings. The maximum absolute atomic E-state index is 12.1. The molecule has 0 aliphatic rings. The summed E-state index contributed by atoms with van der Waals surface area (Å²) >= 11 is 3.34. The molecule has 0 saturated heterocycles. The number of hydrogen-bond acceptors (Lipinski definition) is 4. The van der Waals surface area contributed by atoms with E-state index >= 15 is 0 Å². The third-order valence-corrected chi connectivity index (χ3v) is 3.44. The summed E-state index contributed by atoms with van der Waals surface area (Å²) in [5.41, 5.74) is 0.0181. The minimum Gasteiger partial charge on any atom is -0.495 e. The molecule has 1 amide bonds. The minimum absolute atomic E-state index is 0.211. The van der Waals surface area contributed by atoms with Crippen LogP contribution >= 0.6 is 15.9 Å². The van der Waals surface area contributed by atoms with Crippen LogP contribution in [0.15, 0.2) is 16.6 Å². The van der Waals surface area contributed by atoms with Crippen LogP contribution in [-0.4, -0.2) is 26.1 Å². The first-order valence-corrected chi connectivity index (χ1v) is 6.78. The SMILES string of the molecule is COC(=O)c1ccc(OC)c(Br)c1NC(=O)C(C)(C)C. The average Bonchev–Trinajstić information content (AvgIpc) is 2.38. The van der Waals surface area contributed by atoms with Gasteiger partial charge in [-0.15, -0.1) is 0 Å². The normalized spacial score (nSPS) is 10.9. The van der Waals surface area contributed by atoms with Crippen LogP contribution in [0.2, 0.25) is 0 Å². The molecule has 1 aromatic carbocycles. The predicted molar refractivity (Wildman–Crippen MR) is 80.1 cm³/mol. The Morgan fingerprint density at radius 3 is 2.25 bits per heavy atom. The summed E-state index contributed by atoms with van der Waals surface area (Å²) in [5, 5.41) is 2.74. The van der Waals surface area contributed by atoms with E-state index in [9.17, 15) is 9.59 Å². The molecular weight excluding hydrogens is 326 g/mol. The maximum atomic E-state index is 12.1. The molecule has 1 N–H and O–H groups in total. The minimum atomic E-state index is -0.587. The number of halogens is 1. The molecule has 0 radical (unpaired) electrons. The van der Waals surface area contributed by atoms with Gasteiger partial charge in [-0.3, -0.25) is 4.79 Å². The Labute approximate surface area is 126 Å². The van der Waals surface area contributed by atoms with Crippen molar-refractivity contribution in [2.24, 2.45) is 5.41 Å². The molecule has 1 aromatic rings. The van der Waals surface area contributed by atoms with Crippen molar-refractivity contribution in [2.75, 3.05) is 19.5 Å². The highest BCUT2D eigenvalue weighted by Crippen LogP contribution is 2.36. The van der Waals surface area contributed by atoms with Crippen molar-refractivity contribution < 1.29 is 19.1 Å². The Balaban J connectivity index is 3.33. The van der Waals surface area contributed by atoms with E-state index in [-0.39, 0.29) is 11.5 Å². The van der Waals surface area contributed by atoms with Gasteiger partial charge in [0, 0.05) is 5.41 Å². The number of benzene rings is 1. The molecular formula is C14H18BrNO4. The fourth-order valence-corrected chi connectivity index (χ4v) is 2.02. The molecule has 110 valence electrons. The summed E-state index contributed by atoms with van der Waals surface area (Å²) in [5.74, 6) is -0.226. The lowest BCUT2D eigenvalue weighted by molar-refractivity contribution is -0.123. The lowest BCUT2D eigenvalue weighted by Crippen LogP contribution is -2.28. The van der Waals surface area contributed by atoms with E-state index in [0.717, 1.165) is 0 Å². The maximum Gasteiger partial charge on any atom is 0.340 e. The van der Waals surface area contributed by atoms with Crippen LogP contribution in [0.25, 0.3) is 0 Å². The lowest BCUT2D eigenvalue weighted by Gasteiger charge is -2.20. The van der Waals surface area contributed by atoms with Crippen molar-refractivity contribution in [3.05, 3.63) is 22.2 Å². The van der Waals surface area contributed by atoms with Gasteiger partial charge in [0.05, 0.1) is 29.9 Å². The number of amides is 1. The number of ether oxygens (including phenoxy) is 2. The highest BCUT2D eigenvalue weighted by atomic mass is 79.9. The molecule has 0 spiro atoms. The van der Waals surface area contributed by atoms with Crippen molar-refractivity contribution in [1.29, 1.82) is 0 Å². The molecule has 0 heterocycles. The first-order chi connectivity index (χ1) is 9.22. The number of carbonyl (C=O) groups excluding carboxylic acids is 2. The molecule has 0 unspecified atom stereocenters. The molecule has 1 rings (SSSR count). The quantitative estimate of drug-likeness (QED) is 0.855. The van der Waals surface area contributed by atoms with Gasteiger partial charge in [-0.2, -0.15) is 0 Å². The Morgan fingerprint density at radius 1 is 1.20 bits per heavy atom. The Bertz CT molecular complexity index is 535. The molecule has 6 heteroatoms. The van der Waals surface area contributed by atoms with Gasteiger partial charge in [-0.1, -0.05) is 20.8 Å². The lowest BCUT2D eigenvalue weighted by atomic mass is 9.95. The number of esters is 1. The van der Waals surface area contributed by atoms with Crippen molar-refractivity contribution >= 4 is 33.5 Å². The van der Waals surface area contributed by atoms with Crippen LogP contribution in [0, 0.1) is 5.41 Å². The second-order valence-corrected chi connectivity index (χ2v) is 5.99. The second-order valence-electron chi connectivity index (χ2n) is 5.20. The number of methoxy groups -OCH3 is 2. The van der Waals surface area contributed by atoms with Crippen LogP contribution in [0.4, 0.5) is 5.69 Å². The number of carbonyl (C=O) groups is 2. The number of anilines is 1. The van der Waals surface area contributed by atoms with Crippen LogP contribution in [0.1, 0.15) is 31.1 Å². The van der Waals surface area contributed by atoms with Crippen molar-refractivity contribution in [2.45, 2.75) is 20.8 Å². The molecule has 0 bridgehead atoms. The zero-order valence-electron chi connectivity index (χ0n) is 12.2. The fraction of sp³-hybridized carbons (Fsp3) is 0.429. The van der Waals surface area contributed by atoms with Gasteiger partial charge < -0.3 is 14.8 Å². The topological polar surface area (TPSA) is 64.6 Å². The van der Waals surface area contributed by atoms with E-state index in [2.05, 4.69) is 21.2 Å². The van der Waals surface area contributed by atoms with Gasteiger partial charge >= 0.3 is 5.97 Å². The van der Waals surface area contributed by atoms with Gasteiger partial charge in [-0.25, -0.2) is 4.79 Å². The molecule has 20 heavy (non-hydrogen) atoms. The second kappa shape index (κ2) is 6.26. The Hall–Kier alpha value is -1.56. The Kier molecular flexibility index (Phi) is 5.16. The zero-order valence-corrected chi connectivity index (χ0v) is 13.8. The first kappa shape index (κ1) is 16.5. The molecule has 0 aliphatic heterocycles. The standard InChI is InChI=1S/C14H18BrNO4/c1-14(2,3)13(18)16-11-8(12(17)20-5)6-7-9(19-4)10(11)15/h6-7H,1-5H3,(H,16,18). The van der Waals surface area contributed by atoms with Gasteiger partial charge in [-0.05, 0) is 28.1 Å². The van der Waals surface area contributed by atoms with Crippen molar-refractivity contribution in [1.82, 2.24) is 0 Å². The summed E-state index contributed by atoms with van der Waals surface area (Å²) in [7, 11) is 2.79. The highest BCUT2D eigenvalue weighted by Gasteiger charge is 2.25. The molecule has 5 nitrogen and oxygen atoms in total.